The Labute approximate surface area is 147 Å². The minimum Gasteiger partial charge on any atom is -0.497 e. The van der Waals surface area contributed by atoms with Crippen LogP contribution < -0.4 is 14.4 Å². The van der Waals surface area contributed by atoms with Crippen molar-refractivity contribution in [1.82, 2.24) is 0 Å². The number of carbonyl (C=O) groups excluding carboxylic acids is 2. The minimum atomic E-state index is 0.00447. The number of hydrogen-bond donors (Lipinski definition) is 0. The van der Waals surface area contributed by atoms with Crippen LogP contribution in [0.25, 0.3) is 0 Å². The zero-order valence-electron chi connectivity index (χ0n) is 14.5. The minimum absolute atomic E-state index is 0.00447. The summed E-state index contributed by atoms with van der Waals surface area (Å²) in [6.45, 7) is 0.420. The third-order valence-electron chi connectivity index (χ3n) is 4.46. The van der Waals surface area contributed by atoms with Gasteiger partial charge in [-0.05, 0) is 36.2 Å². The first-order valence-electron chi connectivity index (χ1n) is 8.27. The number of Topliss-reactive ketones (excluding diaryl/α,β-unsaturated/α-hetero) is 1. The molecule has 25 heavy (non-hydrogen) atoms. The van der Waals surface area contributed by atoms with Crippen LogP contribution in [0, 0.1) is 0 Å². The molecule has 5 heteroatoms. The Morgan fingerprint density at radius 1 is 1.12 bits per heavy atom. The topological polar surface area (TPSA) is 55.8 Å². The Bertz CT molecular complexity index is 800. The number of ketones is 1. The molecule has 0 N–H and O–H groups in total. The van der Waals surface area contributed by atoms with Crippen LogP contribution in [0.3, 0.4) is 0 Å². The second-order valence-electron chi connectivity index (χ2n) is 5.91. The average molecular weight is 339 g/mol. The molecule has 0 fully saturated rings. The van der Waals surface area contributed by atoms with E-state index in [0.29, 0.717) is 42.8 Å². The maximum atomic E-state index is 12.7. The Morgan fingerprint density at radius 3 is 2.68 bits per heavy atom. The number of hydrogen-bond acceptors (Lipinski definition) is 4. The molecule has 0 aliphatic carbocycles. The summed E-state index contributed by atoms with van der Waals surface area (Å²) in [6, 6.07) is 13.0. The van der Waals surface area contributed by atoms with Crippen molar-refractivity contribution in [3.8, 4) is 11.5 Å². The predicted molar refractivity (Wildman–Crippen MR) is 95.6 cm³/mol. The summed E-state index contributed by atoms with van der Waals surface area (Å²) in [5.74, 6) is 1.46. The quantitative estimate of drug-likeness (QED) is 0.839. The van der Waals surface area contributed by atoms with E-state index < -0.39 is 0 Å². The van der Waals surface area contributed by atoms with Gasteiger partial charge in [-0.15, -0.1) is 0 Å². The first kappa shape index (κ1) is 17.0. The molecular weight excluding hydrogens is 318 g/mol. The lowest BCUT2D eigenvalue weighted by Gasteiger charge is -2.29. The van der Waals surface area contributed by atoms with Gasteiger partial charge in [0.15, 0.2) is 5.78 Å². The lowest BCUT2D eigenvalue weighted by molar-refractivity contribution is -0.118. The number of fused-ring (bicyclic) bond motifs is 1. The monoisotopic (exact) mass is 339 g/mol. The van der Waals surface area contributed by atoms with Gasteiger partial charge in [-0.1, -0.05) is 18.2 Å². The number of carbonyl (C=O) groups is 2. The Balaban J connectivity index is 1.77. The fourth-order valence-electron chi connectivity index (χ4n) is 3.11. The van der Waals surface area contributed by atoms with Gasteiger partial charge in [-0.3, -0.25) is 9.59 Å². The molecule has 2 aromatic rings. The zero-order valence-corrected chi connectivity index (χ0v) is 14.5. The molecule has 0 saturated carbocycles. The van der Waals surface area contributed by atoms with Crippen molar-refractivity contribution in [2.24, 2.45) is 0 Å². The van der Waals surface area contributed by atoms with Gasteiger partial charge in [-0.25, -0.2) is 0 Å². The van der Waals surface area contributed by atoms with Crippen molar-refractivity contribution in [2.75, 3.05) is 25.7 Å². The van der Waals surface area contributed by atoms with Crippen LogP contribution in [-0.4, -0.2) is 32.5 Å². The van der Waals surface area contributed by atoms with Gasteiger partial charge in [0, 0.05) is 24.9 Å². The molecular formula is C20H21NO4. The first-order valence-corrected chi connectivity index (χ1v) is 8.27. The molecule has 0 aromatic heterocycles. The third-order valence-corrected chi connectivity index (χ3v) is 4.46. The highest BCUT2D eigenvalue weighted by Gasteiger charge is 2.27. The van der Waals surface area contributed by atoms with E-state index >= 15 is 0 Å². The van der Waals surface area contributed by atoms with E-state index in [1.807, 2.05) is 24.3 Å². The highest BCUT2D eigenvalue weighted by atomic mass is 16.5. The van der Waals surface area contributed by atoms with Gasteiger partial charge in [0.2, 0.25) is 5.91 Å². The largest absolute Gasteiger partial charge is 0.497 e. The fraction of sp³-hybridized carbons (Fsp3) is 0.300. The molecule has 0 unspecified atom stereocenters. The van der Waals surface area contributed by atoms with Crippen LogP contribution in [0.4, 0.5) is 5.69 Å². The van der Waals surface area contributed by atoms with E-state index in [-0.39, 0.29) is 11.7 Å². The fourth-order valence-corrected chi connectivity index (χ4v) is 3.11. The van der Waals surface area contributed by atoms with Crippen molar-refractivity contribution >= 4 is 17.4 Å². The average Bonchev–Trinajstić information content (AvgIpc) is 2.66. The number of benzene rings is 2. The van der Waals surface area contributed by atoms with Crippen molar-refractivity contribution in [1.29, 1.82) is 0 Å². The van der Waals surface area contributed by atoms with Crippen molar-refractivity contribution in [2.45, 2.75) is 19.3 Å². The summed E-state index contributed by atoms with van der Waals surface area (Å²) in [4.78, 5) is 26.6. The molecule has 0 spiro atoms. The molecule has 1 heterocycles. The second kappa shape index (κ2) is 7.38. The maximum Gasteiger partial charge on any atom is 0.227 e. The number of anilines is 1. The third kappa shape index (κ3) is 3.50. The van der Waals surface area contributed by atoms with E-state index in [4.69, 9.17) is 9.47 Å². The highest BCUT2D eigenvalue weighted by molar-refractivity contribution is 6.09. The van der Waals surface area contributed by atoms with Crippen LogP contribution in [0.2, 0.25) is 0 Å². The molecule has 1 aliphatic heterocycles. The predicted octanol–water partition coefficient (Wildman–Crippen LogP) is 3.26. The molecule has 0 saturated heterocycles. The number of para-hydroxylation sites is 1. The Hall–Kier alpha value is -2.82. The highest BCUT2D eigenvalue weighted by Crippen LogP contribution is 2.31. The SMILES string of the molecule is COc1ccc2c(c1)C(=O)CCN2C(=O)CCc1ccccc1OC. The summed E-state index contributed by atoms with van der Waals surface area (Å²) < 4.78 is 10.5. The zero-order chi connectivity index (χ0) is 17.8. The summed E-state index contributed by atoms with van der Waals surface area (Å²) in [5, 5.41) is 0. The number of ether oxygens (including phenoxy) is 2. The van der Waals surface area contributed by atoms with Gasteiger partial charge >= 0.3 is 0 Å². The second-order valence-corrected chi connectivity index (χ2v) is 5.91. The van der Waals surface area contributed by atoms with Crippen LogP contribution in [0.5, 0.6) is 11.5 Å². The molecule has 3 rings (SSSR count). The van der Waals surface area contributed by atoms with Crippen molar-refractivity contribution < 1.29 is 19.1 Å². The molecule has 0 radical (unpaired) electrons. The smallest absolute Gasteiger partial charge is 0.227 e. The lowest BCUT2D eigenvalue weighted by atomic mass is 9.99. The van der Waals surface area contributed by atoms with E-state index in [0.717, 1.165) is 11.3 Å². The first-order chi connectivity index (χ1) is 12.1. The van der Waals surface area contributed by atoms with E-state index in [2.05, 4.69) is 0 Å². The number of aryl methyl sites for hydroxylation is 1. The van der Waals surface area contributed by atoms with Crippen LogP contribution in [-0.2, 0) is 11.2 Å². The van der Waals surface area contributed by atoms with E-state index in [9.17, 15) is 9.59 Å². The number of amides is 1. The van der Waals surface area contributed by atoms with Crippen LogP contribution >= 0.6 is 0 Å². The molecule has 130 valence electrons. The van der Waals surface area contributed by atoms with Gasteiger partial charge in [0.1, 0.15) is 11.5 Å². The standard InChI is InChI=1S/C20H21NO4/c1-24-15-8-9-17-16(13-15)18(22)11-12-21(17)20(23)10-7-14-5-3-4-6-19(14)25-2/h3-6,8-9,13H,7,10-12H2,1-2H3. The molecule has 2 aromatic carbocycles. The summed E-state index contributed by atoms with van der Waals surface area (Å²) in [6.07, 6.45) is 1.29. The van der Waals surface area contributed by atoms with Crippen LogP contribution in [0.15, 0.2) is 42.5 Å². The van der Waals surface area contributed by atoms with Gasteiger partial charge in [0.05, 0.1) is 19.9 Å². The normalized spacial score (nSPS) is 13.4. The summed E-state index contributed by atoms with van der Waals surface area (Å²) in [5.41, 5.74) is 2.22. The van der Waals surface area contributed by atoms with E-state index in [1.54, 1.807) is 37.3 Å². The molecule has 1 aliphatic rings. The number of nitrogens with zero attached hydrogens (tertiary/aromatic N) is 1. The number of rotatable bonds is 5. The molecule has 5 nitrogen and oxygen atoms in total. The molecule has 0 atom stereocenters. The van der Waals surface area contributed by atoms with Crippen molar-refractivity contribution in [3.63, 3.8) is 0 Å². The van der Waals surface area contributed by atoms with Gasteiger partial charge in [-0.2, -0.15) is 0 Å². The Morgan fingerprint density at radius 2 is 1.92 bits per heavy atom. The van der Waals surface area contributed by atoms with Crippen LogP contribution in [0.1, 0.15) is 28.8 Å². The summed E-state index contributed by atoms with van der Waals surface area (Å²) in [7, 11) is 3.19. The van der Waals surface area contributed by atoms with Crippen molar-refractivity contribution in [3.05, 3.63) is 53.6 Å². The van der Waals surface area contributed by atoms with Gasteiger partial charge in [0.25, 0.3) is 0 Å². The Kier molecular flexibility index (Phi) is 5.03. The molecule has 0 bridgehead atoms. The number of methoxy groups -OCH3 is 2. The lowest BCUT2D eigenvalue weighted by Crippen LogP contribution is -2.37. The maximum absolute atomic E-state index is 12.7. The van der Waals surface area contributed by atoms with E-state index in [1.165, 1.54) is 0 Å². The summed E-state index contributed by atoms with van der Waals surface area (Å²) >= 11 is 0. The molecule has 1 amide bonds. The van der Waals surface area contributed by atoms with Gasteiger partial charge < -0.3 is 14.4 Å².